The number of benzene rings is 2. The second kappa shape index (κ2) is 5.13. The van der Waals surface area contributed by atoms with Gasteiger partial charge in [0.05, 0.1) is 5.56 Å². The summed E-state index contributed by atoms with van der Waals surface area (Å²) in [5.74, 6) is -0.345. The van der Waals surface area contributed by atoms with Gasteiger partial charge in [0, 0.05) is 5.56 Å². The van der Waals surface area contributed by atoms with E-state index in [4.69, 9.17) is 0 Å². The molecule has 20 heavy (non-hydrogen) atoms. The summed E-state index contributed by atoms with van der Waals surface area (Å²) in [7, 11) is 0. The number of aromatic nitrogens is 3. The van der Waals surface area contributed by atoms with Gasteiger partial charge in [-0.1, -0.05) is 42.5 Å². The minimum absolute atomic E-state index is 0.0190. The van der Waals surface area contributed by atoms with E-state index >= 15 is 0 Å². The molecule has 0 amide bonds. The van der Waals surface area contributed by atoms with Crippen LogP contribution in [0.3, 0.4) is 0 Å². The van der Waals surface area contributed by atoms with Crippen LogP contribution in [-0.4, -0.2) is 15.0 Å². The largest absolute Gasteiger partial charge is 0.312 e. The lowest BCUT2D eigenvalue weighted by Crippen LogP contribution is -2.01. The van der Waals surface area contributed by atoms with Crippen LogP contribution < -0.4 is 0 Å². The van der Waals surface area contributed by atoms with Gasteiger partial charge < -0.3 is 0 Å². The highest BCUT2D eigenvalue weighted by Gasteiger charge is 2.12. The van der Waals surface area contributed by atoms with Crippen molar-refractivity contribution < 1.29 is 8.78 Å². The molecule has 0 N–H and O–H groups in total. The maximum absolute atomic E-state index is 13.7. The highest BCUT2D eigenvalue weighted by molar-refractivity contribution is 5.60. The molecule has 0 aliphatic heterocycles. The summed E-state index contributed by atoms with van der Waals surface area (Å²) >= 11 is 0. The highest BCUT2D eigenvalue weighted by atomic mass is 19.1. The number of rotatable bonds is 2. The summed E-state index contributed by atoms with van der Waals surface area (Å²) in [4.78, 5) is 11.3. The second-order valence-corrected chi connectivity index (χ2v) is 4.10. The van der Waals surface area contributed by atoms with E-state index in [1.807, 2.05) is 6.07 Å². The van der Waals surface area contributed by atoms with E-state index in [2.05, 4.69) is 15.0 Å². The minimum atomic E-state index is -0.933. The molecule has 0 aliphatic rings. The Balaban J connectivity index is 2.15. The van der Waals surface area contributed by atoms with Crippen molar-refractivity contribution in [2.45, 2.75) is 0 Å². The molecule has 0 bridgehead atoms. The average Bonchev–Trinajstić information content (AvgIpc) is 2.48. The van der Waals surface area contributed by atoms with Crippen molar-refractivity contribution in [3.05, 3.63) is 66.5 Å². The molecular weight excluding hydrogens is 260 g/mol. The van der Waals surface area contributed by atoms with E-state index in [0.29, 0.717) is 5.56 Å². The van der Waals surface area contributed by atoms with Crippen LogP contribution in [0, 0.1) is 11.9 Å². The Morgan fingerprint density at radius 1 is 0.650 bits per heavy atom. The van der Waals surface area contributed by atoms with Gasteiger partial charge in [-0.3, -0.25) is 0 Å². The molecule has 0 spiro atoms. The molecule has 2 aromatic carbocycles. The van der Waals surface area contributed by atoms with Gasteiger partial charge in [0.2, 0.25) is 0 Å². The van der Waals surface area contributed by atoms with Crippen molar-refractivity contribution in [2.24, 2.45) is 0 Å². The molecule has 1 heterocycles. The van der Waals surface area contributed by atoms with Crippen molar-refractivity contribution in [1.82, 2.24) is 15.0 Å². The molecule has 0 fully saturated rings. The lowest BCUT2D eigenvalue weighted by molar-refractivity contribution is 0.535. The van der Waals surface area contributed by atoms with Crippen LogP contribution in [0.1, 0.15) is 0 Å². The Kier molecular flexibility index (Phi) is 3.16. The zero-order valence-electron chi connectivity index (χ0n) is 10.3. The van der Waals surface area contributed by atoms with Crippen LogP contribution in [0.4, 0.5) is 8.78 Å². The molecule has 0 unspecified atom stereocenters. The average molecular weight is 269 g/mol. The summed E-state index contributed by atoms with van der Waals surface area (Å²) in [6.07, 6.45) is -0.933. The Bertz CT molecular complexity index is 745. The van der Waals surface area contributed by atoms with Crippen LogP contribution in [0.5, 0.6) is 0 Å². The maximum Gasteiger partial charge on any atom is 0.312 e. The molecule has 0 saturated heterocycles. The number of hydrogen-bond acceptors (Lipinski definition) is 3. The van der Waals surface area contributed by atoms with Crippen molar-refractivity contribution in [3.63, 3.8) is 0 Å². The highest BCUT2D eigenvalue weighted by Crippen LogP contribution is 2.21. The first-order chi connectivity index (χ1) is 9.74. The van der Waals surface area contributed by atoms with Crippen LogP contribution in [0.15, 0.2) is 54.6 Å². The van der Waals surface area contributed by atoms with Crippen LogP contribution in [0.2, 0.25) is 0 Å². The van der Waals surface area contributed by atoms with Gasteiger partial charge in [0.15, 0.2) is 11.6 Å². The molecule has 3 rings (SSSR count). The smallest absolute Gasteiger partial charge is 0.208 e. The second-order valence-electron chi connectivity index (χ2n) is 4.10. The summed E-state index contributed by atoms with van der Waals surface area (Å²) in [5.41, 5.74) is 0.789. The number of nitrogens with zero attached hydrogens (tertiary/aromatic N) is 3. The third-order valence-corrected chi connectivity index (χ3v) is 2.75. The SMILES string of the molecule is Fc1nc(-c2ccccc2)nc(-c2ccccc2F)n1. The van der Waals surface area contributed by atoms with Gasteiger partial charge in [0.1, 0.15) is 5.82 Å². The van der Waals surface area contributed by atoms with Gasteiger partial charge in [-0.2, -0.15) is 14.4 Å². The van der Waals surface area contributed by atoms with Crippen molar-refractivity contribution in [2.75, 3.05) is 0 Å². The topological polar surface area (TPSA) is 38.7 Å². The lowest BCUT2D eigenvalue weighted by Gasteiger charge is -2.04. The quantitative estimate of drug-likeness (QED) is 0.715. The molecule has 0 atom stereocenters. The first kappa shape index (κ1) is 12.3. The van der Waals surface area contributed by atoms with E-state index < -0.39 is 11.9 Å². The predicted octanol–water partition coefficient (Wildman–Crippen LogP) is 3.48. The van der Waals surface area contributed by atoms with Crippen LogP contribution >= 0.6 is 0 Å². The summed E-state index contributed by atoms with van der Waals surface area (Å²) in [5, 5.41) is 0. The molecule has 3 nitrogen and oxygen atoms in total. The van der Waals surface area contributed by atoms with Gasteiger partial charge in [-0.05, 0) is 12.1 Å². The molecule has 1 aromatic heterocycles. The Morgan fingerprint density at radius 2 is 1.30 bits per heavy atom. The van der Waals surface area contributed by atoms with Crippen molar-refractivity contribution in [1.29, 1.82) is 0 Å². The lowest BCUT2D eigenvalue weighted by atomic mass is 10.2. The van der Waals surface area contributed by atoms with E-state index in [-0.39, 0.29) is 17.2 Å². The molecular formula is C15H9F2N3. The molecule has 3 aromatic rings. The summed E-state index contributed by atoms with van der Waals surface area (Å²) in [6, 6.07) is 14.9. The van der Waals surface area contributed by atoms with Gasteiger partial charge in [0.25, 0.3) is 0 Å². The fraction of sp³-hybridized carbons (Fsp3) is 0. The van der Waals surface area contributed by atoms with Crippen molar-refractivity contribution >= 4 is 0 Å². The fourth-order valence-corrected chi connectivity index (χ4v) is 1.83. The predicted molar refractivity (Wildman–Crippen MR) is 70.6 cm³/mol. The molecule has 0 aliphatic carbocycles. The number of halogens is 2. The molecule has 5 heteroatoms. The third-order valence-electron chi connectivity index (χ3n) is 2.75. The van der Waals surface area contributed by atoms with Crippen molar-refractivity contribution in [3.8, 4) is 22.8 Å². The van der Waals surface area contributed by atoms with Crippen LogP contribution in [-0.2, 0) is 0 Å². The van der Waals surface area contributed by atoms with E-state index in [1.54, 1.807) is 36.4 Å². The van der Waals surface area contributed by atoms with Gasteiger partial charge in [-0.25, -0.2) is 9.37 Å². The van der Waals surface area contributed by atoms with Gasteiger partial charge in [-0.15, -0.1) is 0 Å². The molecule has 0 radical (unpaired) electrons. The third kappa shape index (κ3) is 2.38. The zero-order chi connectivity index (χ0) is 13.9. The molecule has 0 saturated carbocycles. The number of hydrogen-bond donors (Lipinski definition) is 0. The summed E-state index contributed by atoms with van der Waals surface area (Å²) in [6.45, 7) is 0. The Labute approximate surface area is 114 Å². The normalized spacial score (nSPS) is 10.5. The monoisotopic (exact) mass is 269 g/mol. The zero-order valence-corrected chi connectivity index (χ0v) is 10.3. The molecule has 98 valence electrons. The van der Waals surface area contributed by atoms with Gasteiger partial charge >= 0.3 is 6.08 Å². The van der Waals surface area contributed by atoms with E-state index in [9.17, 15) is 8.78 Å². The standard InChI is InChI=1S/C15H9F2N3/c16-12-9-5-4-8-11(12)14-18-13(19-15(17)20-14)10-6-2-1-3-7-10/h1-9H. The Morgan fingerprint density at radius 3 is 2.05 bits per heavy atom. The maximum atomic E-state index is 13.7. The van der Waals surface area contributed by atoms with E-state index in [1.165, 1.54) is 12.1 Å². The van der Waals surface area contributed by atoms with Crippen LogP contribution in [0.25, 0.3) is 22.8 Å². The first-order valence-corrected chi connectivity index (χ1v) is 5.96. The Hall–Kier alpha value is -2.69. The minimum Gasteiger partial charge on any atom is -0.208 e. The first-order valence-electron chi connectivity index (χ1n) is 5.96. The summed E-state index contributed by atoms with van der Waals surface area (Å²) < 4.78 is 27.3. The fourth-order valence-electron chi connectivity index (χ4n) is 1.83. The van der Waals surface area contributed by atoms with E-state index in [0.717, 1.165) is 0 Å².